The fourth-order valence-corrected chi connectivity index (χ4v) is 4.21. The summed E-state index contributed by atoms with van der Waals surface area (Å²) in [6.45, 7) is 0. The molecule has 0 fully saturated rings. The van der Waals surface area contributed by atoms with Crippen molar-refractivity contribution in [3.63, 3.8) is 0 Å². The van der Waals surface area contributed by atoms with Crippen LogP contribution in [0.4, 0.5) is 0 Å². The van der Waals surface area contributed by atoms with Crippen molar-refractivity contribution in [2.45, 2.75) is 154 Å². The van der Waals surface area contributed by atoms with Gasteiger partial charge in [-0.25, -0.2) is 0 Å². The van der Waals surface area contributed by atoms with Crippen LogP contribution in [0, 0.1) is 6.08 Å². The summed E-state index contributed by atoms with van der Waals surface area (Å²) < 4.78 is 0. The molecule has 0 unspecified atom stereocenters. The zero-order valence-electron chi connectivity index (χ0n) is 18.0. The summed E-state index contributed by atoms with van der Waals surface area (Å²) in [6.07, 6.45) is 40.5. The minimum Gasteiger partial charge on any atom is -0.0811 e. The molecule has 1 radical (unpaired) electrons. The molecule has 0 aromatic heterocycles. The van der Waals surface area contributed by atoms with Gasteiger partial charge in [0.25, 0.3) is 0 Å². The van der Waals surface area contributed by atoms with E-state index in [1.165, 1.54) is 154 Å². The Morgan fingerprint density at radius 3 is 0.923 bits per heavy atom. The molecule has 0 nitrogen and oxygen atoms in total. The maximum atomic E-state index is 3.52. The van der Waals surface area contributed by atoms with Gasteiger partial charge in [-0.05, 0) is 31.8 Å². The van der Waals surface area contributed by atoms with Crippen LogP contribution in [0.25, 0.3) is 0 Å². The largest absolute Gasteiger partial charge is 0.0811 e. The fraction of sp³-hybridized carbons (Fsp3) is 0.923. The molecule has 0 heteroatoms. The molecule has 0 atom stereocenters. The molecule has 1 aliphatic rings. The summed E-state index contributed by atoms with van der Waals surface area (Å²) >= 11 is 0. The Kier molecular flexibility index (Phi) is 19.2. The molecule has 153 valence electrons. The highest BCUT2D eigenvalue weighted by Gasteiger charge is 1.96. The van der Waals surface area contributed by atoms with Crippen molar-refractivity contribution in [3.05, 3.63) is 12.2 Å². The Morgan fingerprint density at radius 2 is 0.577 bits per heavy atom. The van der Waals surface area contributed by atoms with Gasteiger partial charge in [-0.1, -0.05) is 134 Å². The van der Waals surface area contributed by atoms with Crippen molar-refractivity contribution in [2.24, 2.45) is 0 Å². The molecule has 0 aliphatic heterocycles. The van der Waals surface area contributed by atoms with Gasteiger partial charge in [0.1, 0.15) is 0 Å². The van der Waals surface area contributed by atoms with Crippen LogP contribution in [0.1, 0.15) is 154 Å². The molecule has 0 saturated carbocycles. The van der Waals surface area contributed by atoms with Crippen molar-refractivity contribution in [2.75, 3.05) is 0 Å². The summed E-state index contributed by atoms with van der Waals surface area (Å²) in [5, 5.41) is 0. The van der Waals surface area contributed by atoms with Crippen LogP contribution >= 0.6 is 0 Å². The Balaban J connectivity index is 2.04. The zero-order chi connectivity index (χ0) is 18.4. The normalized spacial score (nSPS) is 24.6. The van der Waals surface area contributed by atoms with Crippen LogP contribution in [-0.2, 0) is 0 Å². The monoisotopic (exact) mass is 361 g/mol. The van der Waals surface area contributed by atoms with Crippen LogP contribution in [0.5, 0.6) is 0 Å². The number of allylic oxidation sites excluding steroid dienone is 2. The van der Waals surface area contributed by atoms with E-state index in [0.29, 0.717) is 0 Å². The van der Waals surface area contributed by atoms with E-state index in [-0.39, 0.29) is 0 Å². The summed E-state index contributed by atoms with van der Waals surface area (Å²) in [6, 6.07) is 0. The molecule has 0 bridgehead atoms. The summed E-state index contributed by atoms with van der Waals surface area (Å²) in [4.78, 5) is 0. The molecule has 0 saturated heterocycles. The lowest BCUT2D eigenvalue weighted by atomic mass is 10.0. The van der Waals surface area contributed by atoms with Crippen LogP contribution in [0.2, 0.25) is 0 Å². The fourth-order valence-electron chi connectivity index (χ4n) is 4.21. The lowest BCUT2D eigenvalue weighted by molar-refractivity contribution is 0.518. The minimum absolute atomic E-state index is 1.19. The summed E-state index contributed by atoms with van der Waals surface area (Å²) in [7, 11) is 0. The number of hydrogen-bond donors (Lipinski definition) is 0. The first kappa shape index (κ1) is 23.8. The van der Waals surface area contributed by atoms with Crippen molar-refractivity contribution in [1.29, 1.82) is 0 Å². The van der Waals surface area contributed by atoms with Gasteiger partial charge < -0.3 is 0 Å². The third-order valence-electron chi connectivity index (χ3n) is 6.06. The first-order chi connectivity index (χ1) is 13.0. The van der Waals surface area contributed by atoms with Gasteiger partial charge in [0, 0.05) is 0 Å². The van der Waals surface area contributed by atoms with E-state index < -0.39 is 0 Å². The van der Waals surface area contributed by atoms with Crippen molar-refractivity contribution in [1.82, 2.24) is 0 Å². The average Bonchev–Trinajstić information content (AvgIpc) is 2.65. The van der Waals surface area contributed by atoms with E-state index >= 15 is 0 Å². The molecule has 0 N–H and O–H groups in total. The standard InChI is InChI=1S/C26H49/c1-2-4-6-8-10-12-14-16-18-20-22-24-26-25-23-21-19-17-15-13-11-9-7-5-3-1/h1H,2,4-26H2. The van der Waals surface area contributed by atoms with Gasteiger partial charge in [0.05, 0.1) is 0 Å². The van der Waals surface area contributed by atoms with Crippen molar-refractivity contribution in [3.8, 4) is 0 Å². The molecule has 1 aliphatic carbocycles. The summed E-state index contributed by atoms with van der Waals surface area (Å²) in [5.41, 5.74) is 0. The Hall–Kier alpha value is -0.260. The third-order valence-corrected chi connectivity index (χ3v) is 6.06. The maximum Gasteiger partial charge on any atom is -0.0279 e. The Labute approximate surface area is 166 Å². The van der Waals surface area contributed by atoms with Gasteiger partial charge in [-0.3, -0.25) is 0 Å². The predicted molar refractivity (Wildman–Crippen MR) is 119 cm³/mol. The molecule has 0 heterocycles. The smallest absolute Gasteiger partial charge is 0.0279 e. The van der Waals surface area contributed by atoms with E-state index in [1.54, 1.807) is 0 Å². The van der Waals surface area contributed by atoms with E-state index in [9.17, 15) is 0 Å². The predicted octanol–water partition coefficient (Wildman–Crippen LogP) is 9.72. The molecule has 0 spiro atoms. The lowest BCUT2D eigenvalue weighted by Crippen LogP contribution is -1.85. The highest BCUT2D eigenvalue weighted by molar-refractivity contribution is 4.73. The van der Waals surface area contributed by atoms with E-state index in [1.807, 2.05) is 0 Å². The van der Waals surface area contributed by atoms with Crippen LogP contribution < -0.4 is 0 Å². The van der Waals surface area contributed by atoms with E-state index in [0.717, 1.165) is 0 Å². The molecule has 0 aromatic rings. The topological polar surface area (TPSA) is 0 Å². The molecular formula is C26H49. The molecule has 0 amide bonds. The first-order valence-corrected chi connectivity index (χ1v) is 12.6. The number of rotatable bonds is 0. The highest BCUT2D eigenvalue weighted by atomic mass is 14.0. The third kappa shape index (κ3) is 18.5. The molecular weight excluding hydrogens is 312 g/mol. The molecule has 1 rings (SSSR count). The van der Waals surface area contributed by atoms with E-state index in [4.69, 9.17) is 0 Å². The number of hydrogen-bond acceptors (Lipinski definition) is 0. The highest BCUT2D eigenvalue weighted by Crippen LogP contribution is 2.16. The first-order valence-electron chi connectivity index (χ1n) is 12.6. The van der Waals surface area contributed by atoms with E-state index in [2.05, 4.69) is 12.2 Å². The zero-order valence-corrected chi connectivity index (χ0v) is 18.0. The second-order valence-electron chi connectivity index (χ2n) is 8.73. The quantitative estimate of drug-likeness (QED) is 0.402. The Morgan fingerprint density at radius 1 is 0.308 bits per heavy atom. The van der Waals surface area contributed by atoms with Crippen LogP contribution in [-0.4, -0.2) is 0 Å². The van der Waals surface area contributed by atoms with Crippen LogP contribution in [0.3, 0.4) is 0 Å². The average molecular weight is 362 g/mol. The SMILES string of the molecule is [C]1=C\CCCCCCCCCCCCCCCCCCCCCCCC/1. The van der Waals surface area contributed by atoms with Gasteiger partial charge in [-0.2, -0.15) is 0 Å². The summed E-state index contributed by atoms with van der Waals surface area (Å²) in [5.74, 6) is 0. The van der Waals surface area contributed by atoms with Gasteiger partial charge in [-0.15, -0.1) is 0 Å². The van der Waals surface area contributed by atoms with Crippen molar-refractivity contribution >= 4 is 0 Å². The maximum absolute atomic E-state index is 3.52. The Bertz CT molecular complexity index is 250. The van der Waals surface area contributed by atoms with Gasteiger partial charge >= 0.3 is 0 Å². The second kappa shape index (κ2) is 21.0. The molecule has 26 heavy (non-hydrogen) atoms. The second-order valence-corrected chi connectivity index (χ2v) is 8.73. The van der Waals surface area contributed by atoms with Gasteiger partial charge in [0.15, 0.2) is 0 Å². The molecule has 0 aromatic carbocycles. The lowest BCUT2D eigenvalue weighted by Gasteiger charge is -2.04. The van der Waals surface area contributed by atoms with Crippen LogP contribution in [0.15, 0.2) is 6.08 Å². The minimum atomic E-state index is 1.19. The van der Waals surface area contributed by atoms with Gasteiger partial charge in [0.2, 0.25) is 0 Å². The van der Waals surface area contributed by atoms with Crippen molar-refractivity contribution < 1.29 is 0 Å².